The highest BCUT2D eigenvalue weighted by Crippen LogP contribution is 2.32. The molecule has 8 heteroatoms. The third-order valence-electron chi connectivity index (χ3n) is 5.96. The Kier molecular flexibility index (Phi) is 7.77. The molecule has 0 unspecified atom stereocenters. The fourth-order valence-electron chi connectivity index (χ4n) is 4.22. The Hall–Kier alpha value is -3.00. The van der Waals surface area contributed by atoms with E-state index < -0.39 is 12.1 Å². The van der Waals surface area contributed by atoms with E-state index in [2.05, 4.69) is 21.0 Å². The third-order valence-corrected chi connectivity index (χ3v) is 6.45. The summed E-state index contributed by atoms with van der Waals surface area (Å²) in [4.78, 5) is 30.3. The van der Waals surface area contributed by atoms with Crippen LogP contribution in [0.15, 0.2) is 56.8 Å². The van der Waals surface area contributed by atoms with Crippen LogP contribution in [0.3, 0.4) is 0 Å². The Bertz CT molecular complexity index is 1260. The predicted octanol–water partition coefficient (Wildman–Crippen LogP) is 5.42. The number of carbonyl (C=O) groups is 1. The standard InChI is InChI=1S/C26H28BrN3O4/c1-3-33-26(32)17(2)34-23-14-13-20(27)15-19(23)16-28-30-24(18-9-5-4-6-10-18)29-22-12-8-7-11-21(22)25(30)31/h7-8,11-18H,3-6,9-10H2,1-2H3/t17-/m0/s1. The van der Waals surface area contributed by atoms with Gasteiger partial charge in [0.2, 0.25) is 0 Å². The van der Waals surface area contributed by atoms with Crippen molar-refractivity contribution in [2.24, 2.45) is 5.10 Å². The summed E-state index contributed by atoms with van der Waals surface area (Å²) in [6.45, 7) is 3.67. The zero-order valence-electron chi connectivity index (χ0n) is 19.4. The van der Waals surface area contributed by atoms with Crippen molar-refractivity contribution in [2.45, 2.75) is 58.0 Å². The summed E-state index contributed by atoms with van der Waals surface area (Å²) < 4.78 is 13.2. The van der Waals surface area contributed by atoms with E-state index in [9.17, 15) is 9.59 Å². The largest absolute Gasteiger partial charge is 0.478 e. The minimum absolute atomic E-state index is 0.185. The lowest BCUT2D eigenvalue weighted by atomic mass is 9.88. The van der Waals surface area contributed by atoms with E-state index >= 15 is 0 Å². The number of fused-ring (bicyclic) bond motifs is 1. The number of esters is 1. The minimum atomic E-state index is -0.781. The molecule has 0 spiro atoms. The van der Waals surface area contributed by atoms with Crippen molar-refractivity contribution in [3.63, 3.8) is 0 Å². The van der Waals surface area contributed by atoms with Crippen molar-refractivity contribution < 1.29 is 14.3 Å². The second-order valence-corrected chi connectivity index (χ2v) is 9.29. The molecule has 1 aliphatic carbocycles. The van der Waals surface area contributed by atoms with Gasteiger partial charge in [0.05, 0.1) is 23.7 Å². The molecule has 1 heterocycles. The topological polar surface area (TPSA) is 82.8 Å². The smallest absolute Gasteiger partial charge is 0.347 e. The van der Waals surface area contributed by atoms with Gasteiger partial charge in [0.1, 0.15) is 11.6 Å². The van der Waals surface area contributed by atoms with Crippen molar-refractivity contribution in [1.29, 1.82) is 0 Å². The number of rotatable bonds is 7. The van der Waals surface area contributed by atoms with Crippen molar-refractivity contribution in [2.75, 3.05) is 6.61 Å². The summed E-state index contributed by atoms with van der Waals surface area (Å²) in [5, 5.41) is 5.12. The van der Waals surface area contributed by atoms with Crippen molar-refractivity contribution in [1.82, 2.24) is 9.66 Å². The third kappa shape index (κ3) is 5.38. The number of ether oxygens (including phenoxy) is 2. The maximum absolute atomic E-state index is 13.4. The van der Waals surface area contributed by atoms with Crippen LogP contribution in [-0.4, -0.2) is 34.6 Å². The summed E-state index contributed by atoms with van der Waals surface area (Å²) in [6, 6.07) is 12.8. The lowest BCUT2D eigenvalue weighted by Gasteiger charge is -2.22. The summed E-state index contributed by atoms with van der Waals surface area (Å²) in [5.41, 5.74) is 1.12. The average Bonchev–Trinajstić information content (AvgIpc) is 2.85. The van der Waals surface area contributed by atoms with E-state index in [4.69, 9.17) is 14.5 Å². The molecule has 3 aromatic rings. The molecule has 7 nitrogen and oxygen atoms in total. The van der Waals surface area contributed by atoms with E-state index in [1.807, 2.05) is 30.3 Å². The maximum atomic E-state index is 13.4. The van der Waals surface area contributed by atoms with E-state index in [1.165, 1.54) is 11.1 Å². The Balaban J connectivity index is 1.75. The number of benzene rings is 2. The lowest BCUT2D eigenvalue weighted by molar-refractivity contribution is -0.150. The van der Waals surface area contributed by atoms with Crippen molar-refractivity contribution in [3.8, 4) is 5.75 Å². The van der Waals surface area contributed by atoms with Crippen molar-refractivity contribution >= 4 is 39.0 Å². The van der Waals surface area contributed by atoms with Crippen LogP contribution in [0.4, 0.5) is 0 Å². The minimum Gasteiger partial charge on any atom is -0.478 e. The average molecular weight is 526 g/mol. The van der Waals surface area contributed by atoms with Crippen LogP contribution in [0.5, 0.6) is 5.75 Å². The molecule has 1 aromatic heterocycles. The van der Waals surface area contributed by atoms with Gasteiger partial charge in [-0.25, -0.2) is 9.78 Å². The molecule has 0 radical (unpaired) electrons. The first kappa shape index (κ1) is 24.1. The molecule has 2 aromatic carbocycles. The van der Waals surface area contributed by atoms with E-state index in [0.29, 0.717) is 28.0 Å². The van der Waals surface area contributed by atoms with Crippen LogP contribution < -0.4 is 10.3 Å². The molecule has 0 saturated heterocycles. The van der Waals surface area contributed by atoms with Gasteiger partial charge in [-0.2, -0.15) is 9.78 Å². The molecule has 0 bridgehead atoms. The zero-order chi connectivity index (χ0) is 24.1. The Morgan fingerprint density at radius 1 is 1.24 bits per heavy atom. The Labute approximate surface area is 206 Å². The highest BCUT2D eigenvalue weighted by Gasteiger charge is 2.22. The molecule has 0 aliphatic heterocycles. The van der Waals surface area contributed by atoms with Gasteiger partial charge < -0.3 is 9.47 Å². The predicted molar refractivity (Wildman–Crippen MR) is 136 cm³/mol. The normalized spacial score (nSPS) is 15.5. The van der Waals surface area contributed by atoms with E-state index in [1.54, 1.807) is 32.2 Å². The van der Waals surface area contributed by atoms with Gasteiger partial charge in [0.15, 0.2) is 6.10 Å². The lowest BCUT2D eigenvalue weighted by Crippen LogP contribution is -2.26. The molecule has 1 saturated carbocycles. The summed E-state index contributed by atoms with van der Waals surface area (Å²) in [5.74, 6) is 0.902. The molecule has 34 heavy (non-hydrogen) atoms. The number of halogens is 1. The van der Waals surface area contributed by atoms with Crippen LogP contribution >= 0.6 is 15.9 Å². The van der Waals surface area contributed by atoms with Gasteiger partial charge in [0.25, 0.3) is 5.56 Å². The Morgan fingerprint density at radius 3 is 2.76 bits per heavy atom. The number of aromatic nitrogens is 2. The molecule has 1 atom stereocenters. The molecule has 1 fully saturated rings. The second kappa shape index (κ2) is 11.0. The maximum Gasteiger partial charge on any atom is 0.347 e. The quantitative estimate of drug-likeness (QED) is 0.303. The fourth-order valence-corrected chi connectivity index (χ4v) is 4.60. The highest BCUT2D eigenvalue weighted by atomic mass is 79.9. The van der Waals surface area contributed by atoms with Crippen LogP contribution in [0.2, 0.25) is 0 Å². The summed E-state index contributed by atoms with van der Waals surface area (Å²) in [6.07, 6.45) is 6.22. The van der Waals surface area contributed by atoms with E-state index in [-0.39, 0.29) is 18.1 Å². The molecule has 1 aliphatic rings. The molecule has 0 N–H and O–H groups in total. The Morgan fingerprint density at radius 2 is 2.00 bits per heavy atom. The van der Waals surface area contributed by atoms with Gasteiger partial charge >= 0.3 is 5.97 Å². The van der Waals surface area contributed by atoms with Gasteiger partial charge in [-0.1, -0.05) is 47.3 Å². The zero-order valence-corrected chi connectivity index (χ0v) is 21.0. The van der Waals surface area contributed by atoms with Gasteiger partial charge in [-0.05, 0) is 57.0 Å². The molecular weight excluding hydrogens is 498 g/mol. The van der Waals surface area contributed by atoms with Crippen molar-refractivity contribution in [3.05, 3.63) is 68.7 Å². The van der Waals surface area contributed by atoms with Gasteiger partial charge in [-0.15, -0.1) is 0 Å². The summed E-state index contributed by atoms with van der Waals surface area (Å²) >= 11 is 3.48. The van der Waals surface area contributed by atoms with Gasteiger partial charge in [-0.3, -0.25) is 4.79 Å². The number of hydrogen-bond acceptors (Lipinski definition) is 6. The van der Waals surface area contributed by atoms with Crippen LogP contribution in [-0.2, 0) is 9.53 Å². The molecule has 4 rings (SSSR count). The number of para-hydroxylation sites is 1. The molecule has 178 valence electrons. The highest BCUT2D eigenvalue weighted by molar-refractivity contribution is 9.10. The van der Waals surface area contributed by atoms with Crippen LogP contribution in [0.25, 0.3) is 10.9 Å². The van der Waals surface area contributed by atoms with E-state index in [0.717, 1.165) is 30.2 Å². The first-order chi connectivity index (χ1) is 16.5. The number of carbonyl (C=O) groups excluding carboxylic acids is 1. The first-order valence-corrected chi connectivity index (χ1v) is 12.5. The van der Waals surface area contributed by atoms with Crippen LogP contribution in [0, 0.1) is 0 Å². The SMILES string of the molecule is CCOC(=O)[C@H](C)Oc1ccc(Br)cc1C=Nn1c(C2CCCCC2)nc2ccccc2c1=O. The summed E-state index contributed by atoms with van der Waals surface area (Å²) in [7, 11) is 0. The second-order valence-electron chi connectivity index (χ2n) is 8.38. The number of nitrogens with zero attached hydrogens (tertiary/aromatic N) is 3. The molecule has 0 amide bonds. The van der Waals surface area contributed by atoms with Crippen LogP contribution in [0.1, 0.15) is 63.3 Å². The first-order valence-electron chi connectivity index (χ1n) is 11.7. The molecular formula is C26H28BrN3O4. The number of hydrogen-bond donors (Lipinski definition) is 0. The monoisotopic (exact) mass is 525 g/mol. The van der Waals surface area contributed by atoms with Gasteiger partial charge in [0, 0.05) is 16.0 Å². The fraction of sp³-hybridized carbons (Fsp3) is 0.385.